The van der Waals surface area contributed by atoms with Crippen LogP contribution in [0.5, 0.6) is 0 Å². The van der Waals surface area contributed by atoms with Crippen molar-refractivity contribution < 1.29 is 9.34 Å². The van der Waals surface area contributed by atoms with Crippen LogP contribution in [0.1, 0.15) is 11.5 Å². The number of benzene rings is 1. The first-order valence-electron chi connectivity index (χ1n) is 6.89. The van der Waals surface area contributed by atoms with Crippen LogP contribution in [-0.2, 0) is 0 Å². The molecule has 0 amide bonds. The van der Waals surface area contributed by atoms with Crippen molar-refractivity contribution in [3.63, 3.8) is 0 Å². The highest BCUT2D eigenvalue weighted by atomic mass is 16.6. The van der Waals surface area contributed by atoms with Gasteiger partial charge in [-0.1, -0.05) is 30.3 Å². The Bertz CT molecular complexity index is 1030. The number of furan rings is 1. The average molecular weight is 325 g/mol. The van der Waals surface area contributed by atoms with E-state index in [1.165, 1.54) is 12.2 Å². The third kappa shape index (κ3) is 3.07. The van der Waals surface area contributed by atoms with E-state index >= 15 is 0 Å². The molecule has 0 saturated carbocycles. The molecule has 0 radical (unpaired) electrons. The largest absolute Gasteiger partial charge is 0.457 e. The monoisotopic (exact) mass is 325 g/mol. The van der Waals surface area contributed by atoms with Gasteiger partial charge in [0, 0.05) is 5.56 Å². The topological polar surface area (TPSA) is 122 Å². The molecule has 0 bridgehead atoms. The highest BCUT2D eigenvalue weighted by molar-refractivity contribution is 5.71. The van der Waals surface area contributed by atoms with Gasteiger partial charge in [-0.3, -0.25) is 19.9 Å². The van der Waals surface area contributed by atoms with E-state index in [9.17, 15) is 19.7 Å². The van der Waals surface area contributed by atoms with Gasteiger partial charge in [0.15, 0.2) is 0 Å². The summed E-state index contributed by atoms with van der Waals surface area (Å²) in [7, 11) is 0. The summed E-state index contributed by atoms with van der Waals surface area (Å²) in [5, 5.41) is 11.0. The number of hydrogen-bond acceptors (Lipinski definition) is 5. The van der Waals surface area contributed by atoms with Crippen LogP contribution in [0.3, 0.4) is 0 Å². The van der Waals surface area contributed by atoms with Crippen LogP contribution in [0.15, 0.2) is 56.5 Å². The maximum absolute atomic E-state index is 11.5. The van der Waals surface area contributed by atoms with Gasteiger partial charge in [0.2, 0.25) is 0 Å². The van der Waals surface area contributed by atoms with Crippen molar-refractivity contribution in [1.29, 1.82) is 0 Å². The van der Waals surface area contributed by atoms with Crippen LogP contribution in [-0.4, -0.2) is 14.9 Å². The Labute approximate surface area is 134 Å². The van der Waals surface area contributed by atoms with E-state index in [0.717, 1.165) is 5.56 Å². The van der Waals surface area contributed by atoms with Crippen LogP contribution in [0.25, 0.3) is 23.5 Å². The van der Waals surface area contributed by atoms with Crippen molar-refractivity contribution in [2.75, 3.05) is 0 Å². The van der Waals surface area contributed by atoms with Crippen molar-refractivity contribution in [2.45, 2.75) is 0 Å². The number of aromatic nitrogens is 2. The Kier molecular flexibility index (Phi) is 3.94. The fourth-order valence-corrected chi connectivity index (χ4v) is 2.16. The molecule has 2 aromatic heterocycles. The molecule has 3 aromatic rings. The highest BCUT2D eigenvalue weighted by Gasteiger charge is 2.18. The van der Waals surface area contributed by atoms with Gasteiger partial charge in [-0.25, -0.2) is 4.79 Å². The lowest BCUT2D eigenvalue weighted by atomic mass is 10.2. The lowest BCUT2D eigenvalue weighted by Crippen LogP contribution is -2.25. The number of aromatic amines is 2. The molecular formula is C16H11N3O5. The minimum absolute atomic E-state index is 0.202. The van der Waals surface area contributed by atoms with E-state index in [2.05, 4.69) is 4.98 Å². The lowest BCUT2D eigenvalue weighted by Gasteiger charge is -1.96. The number of nitro groups is 1. The number of hydrogen-bond donors (Lipinski definition) is 2. The average Bonchev–Trinajstić information content (AvgIpc) is 3.01. The smallest absolute Gasteiger partial charge is 0.357 e. The summed E-state index contributed by atoms with van der Waals surface area (Å²) in [5.41, 5.74) is -1.94. The zero-order valence-electron chi connectivity index (χ0n) is 12.2. The number of nitrogens with zero attached hydrogens (tertiary/aromatic N) is 1. The molecule has 0 aliphatic heterocycles. The van der Waals surface area contributed by atoms with Crippen LogP contribution in [0, 0.1) is 10.1 Å². The molecule has 0 unspecified atom stereocenters. The second-order valence-corrected chi connectivity index (χ2v) is 4.83. The molecule has 0 atom stereocenters. The van der Waals surface area contributed by atoms with Crippen molar-refractivity contribution in [3.05, 3.63) is 84.9 Å². The van der Waals surface area contributed by atoms with E-state index < -0.39 is 21.9 Å². The van der Waals surface area contributed by atoms with Crippen molar-refractivity contribution in [1.82, 2.24) is 9.97 Å². The fourth-order valence-electron chi connectivity index (χ4n) is 2.16. The molecule has 0 saturated heterocycles. The predicted molar refractivity (Wildman–Crippen MR) is 87.4 cm³/mol. The molecule has 120 valence electrons. The van der Waals surface area contributed by atoms with Gasteiger partial charge in [-0.15, -0.1) is 0 Å². The van der Waals surface area contributed by atoms with Gasteiger partial charge >= 0.3 is 16.9 Å². The Morgan fingerprint density at radius 3 is 2.46 bits per heavy atom. The van der Waals surface area contributed by atoms with Crippen LogP contribution in [0.2, 0.25) is 0 Å². The molecule has 2 heterocycles. The van der Waals surface area contributed by atoms with Gasteiger partial charge in [0.05, 0.1) is 4.92 Å². The van der Waals surface area contributed by atoms with Crippen molar-refractivity contribution >= 4 is 17.8 Å². The molecule has 1 aromatic carbocycles. The number of H-pyrrole nitrogens is 2. The van der Waals surface area contributed by atoms with Gasteiger partial charge in [-0.2, -0.15) is 0 Å². The Morgan fingerprint density at radius 2 is 1.75 bits per heavy atom. The van der Waals surface area contributed by atoms with Gasteiger partial charge in [-0.05, 0) is 24.3 Å². The van der Waals surface area contributed by atoms with Crippen LogP contribution >= 0.6 is 0 Å². The summed E-state index contributed by atoms with van der Waals surface area (Å²) in [6, 6.07) is 12.8. The molecular weight excluding hydrogens is 314 g/mol. The van der Waals surface area contributed by atoms with E-state index in [1.807, 2.05) is 35.3 Å². The maximum Gasteiger partial charge on any atom is 0.357 e. The number of rotatable bonds is 4. The summed E-state index contributed by atoms with van der Waals surface area (Å²) in [4.78, 5) is 37.0. The first-order valence-corrected chi connectivity index (χ1v) is 6.89. The van der Waals surface area contributed by atoms with E-state index in [-0.39, 0.29) is 5.69 Å². The molecule has 24 heavy (non-hydrogen) atoms. The zero-order chi connectivity index (χ0) is 17.1. The van der Waals surface area contributed by atoms with Gasteiger partial charge in [0.25, 0.3) is 0 Å². The molecule has 0 aliphatic rings. The molecule has 0 spiro atoms. The second-order valence-electron chi connectivity index (χ2n) is 4.83. The van der Waals surface area contributed by atoms with E-state index in [1.54, 1.807) is 12.1 Å². The first-order chi connectivity index (χ1) is 11.5. The standard InChI is InChI=1S/C16H11N3O5/c20-15-14(19(22)23)12(17-16(21)18-15)8-6-11-7-9-13(24-11)10-4-2-1-3-5-10/h1-9H,(H2,17,18,20,21). The van der Waals surface area contributed by atoms with E-state index in [4.69, 9.17) is 4.42 Å². The maximum atomic E-state index is 11.5. The van der Waals surface area contributed by atoms with Crippen molar-refractivity contribution in [3.8, 4) is 11.3 Å². The Hall–Kier alpha value is -3.68. The molecule has 8 heteroatoms. The predicted octanol–water partition coefficient (Wildman–Crippen LogP) is 2.40. The summed E-state index contributed by atoms with van der Waals surface area (Å²) in [6.45, 7) is 0. The summed E-state index contributed by atoms with van der Waals surface area (Å²) in [6.07, 6.45) is 2.69. The van der Waals surface area contributed by atoms with Crippen LogP contribution < -0.4 is 11.2 Å². The zero-order valence-corrected chi connectivity index (χ0v) is 12.2. The molecule has 0 aliphatic carbocycles. The first kappa shape index (κ1) is 15.2. The summed E-state index contributed by atoms with van der Waals surface area (Å²) >= 11 is 0. The quantitative estimate of drug-likeness (QED) is 0.563. The van der Waals surface area contributed by atoms with Crippen LogP contribution in [0.4, 0.5) is 5.69 Å². The Morgan fingerprint density at radius 1 is 1.00 bits per heavy atom. The minimum atomic E-state index is -1.06. The van der Waals surface area contributed by atoms with E-state index in [0.29, 0.717) is 11.5 Å². The van der Waals surface area contributed by atoms with Gasteiger partial charge < -0.3 is 9.40 Å². The van der Waals surface area contributed by atoms with Gasteiger partial charge in [0.1, 0.15) is 17.2 Å². The summed E-state index contributed by atoms with van der Waals surface area (Å²) in [5.74, 6) is 1.05. The third-order valence-electron chi connectivity index (χ3n) is 3.23. The minimum Gasteiger partial charge on any atom is -0.457 e. The summed E-state index contributed by atoms with van der Waals surface area (Å²) < 4.78 is 5.62. The lowest BCUT2D eigenvalue weighted by molar-refractivity contribution is -0.386. The second kappa shape index (κ2) is 6.21. The third-order valence-corrected chi connectivity index (χ3v) is 3.23. The number of nitrogens with one attached hydrogen (secondary N) is 2. The normalized spacial score (nSPS) is 11.0. The van der Waals surface area contributed by atoms with Crippen molar-refractivity contribution in [2.24, 2.45) is 0 Å². The molecule has 0 fully saturated rings. The molecule has 8 nitrogen and oxygen atoms in total. The SMILES string of the molecule is O=c1[nH]c(C=Cc2ccc(-c3ccccc3)o2)c([N+](=O)[O-])c(=O)[nH]1. The Balaban J connectivity index is 1.95. The highest BCUT2D eigenvalue weighted by Crippen LogP contribution is 2.23. The fraction of sp³-hybridized carbons (Fsp3) is 0. The molecule has 3 rings (SSSR count). The molecule has 2 N–H and O–H groups in total.